The van der Waals surface area contributed by atoms with E-state index in [0.717, 1.165) is 0 Å². The predicted molar refractivity (Wildman–Crippen MR) is 69.9 cm³/mol. The van der Waals surface area contributed by atoms with E-state index in [1.807, 2.05) is 30.0 Å². The van der Waals surface area contributed by atoms with Gasteiger partial charge < -0.3 is 14.3 Å². The lowest BCUT2D eigenvalue weighted by Gasteiger charge is -2.35. The Bertz CT molecular complexity index is 385. The Morgan fingerprint density at radius 3 is 2.65 bits per heavy atom. The number of morpholine rings is 1. The van der Waals surface area contributed by atoms with Crippen molar-refractivity contribution < 1.29 is 24.4 Å². The quantitative estimate of drug-likeness (QED) is 0.260. The monoisotopic (exact) mass is 285 g/mol. The second-order valence-electron chi connectivity index (χ2n) is 4.33. The minimum Gasteiger partial charge on any atom is -0.461 e. The van der Waals surface area contributed by atoms with Crippen LogP contribution in [0.4, 0.5) is 0 Å². The molecule has 112 valence electrons. The number of hydrogen-bond acceptors (Lipinski definition) is 7. The molecule has 1 unspecified atom stereocenters. The van der Waals surface area contributed by atoms with Crippen molar-refractivity contribution in [1.29, 1.82) is 0 Å². The summed E-state index contributed by atoms with van der Waals surface area (Å²) in [5.41, 5.74) is -0.285. The molecule has 20 heavy (non-hydrogen) atoms. The van der Waals surface area contributed by atoms with Gasteiger partial charge in [-0.15, -0.1) is 0 Å². The Balaban J connectivity index is 2.69. The van der Waals surface area contributed by atoms with Crippen LogP contribution < -0.4 is 5.26 Å². The Kier molecular flexibility index (Phi) is 6.93. The van der Waals surface area contributed by atoms with E-state index in [1.165, 1.54) is 0 Å². The maximum atomic E-state index is 11.5. The Morgan fingerprint density at radius 1 is 1.50 bits per heavy atom. The van der Waals surface area contributed by atoms with Gasteiger partial charge in [-0.2, -0.15) is 0 Å². The molecule has 1 saturated heterocycles. The van der Waals surface area contributed by atoms with Crippen molar-refractivity contribution in [3.05, 3.63) is 0 Å². The smallest absolute Gasteiger partial charge is 0.376 e. The average Bonchev–Trinajstić information content (AvgIpc) is 2.44. The minimum atomic E-state index is -0.720. The van der Waals surface area contributed by atoms with Crippen LogP contribution in [-0.4, -0.2) is 74.8 Å². The summed E-state index contributed by atoms with van der Waals surface area (Å²) in [6.07, 6.45) is -0.434. The number of carbonyl (C=O) groups is 1. The zero-order valence-electron chi connectivity index (χ0n) is 12.1. The highest BCUT2D eigenvalue weighted by atomic mass is 16.7. The summed E-state index contributed by atoms with van der Waals surface area (Å²) >= 11 is 0. The summed E-state index contributed by atoms with van der Waals surface area (Å²) in [4.78, 5) is 20.7. The van der Waals surface area contributed by atoms with Gasteiger partial charge in [-0.3, -0.25) is 4.90 Å². The molecule has 8 nitrogen and oxygen atoms in total. The van der Waals surface area contributed by atoms with Crippen LogP contribution in [0.5, 0.6) is 0 Å². The van der Waals surface area contributed by atoms with Crippen LogP contribution >= 0.6 is 0 Å². The summed E-state index contributed by atoms with van der Waals surface area (Å²) in [5.74, 6) is -0.720. The fourth-order valence-electron chi connectivity index (χ4n) is 1.70. The molecular weight excluding hydrogens is 264 g/mol. The van der Waals surface area contributed by atoms with Gasteiger partial charge in [0.05, 0.1) is 19.8 Å². The van der Waals surface area contributed by atoms with E-state index in [4.69, 9.17) is 19.6 Å². The molecule has 1 fully saturated rings. The topological polar surface area (TPSA) is 87.4 Å². The molecule has 1 N–H and O–H groups in total. The number of nitrogens with one attached hydrogen (secondary N) is 1. The highest BCUT2D eigenvalue weighted by Crippen LogP contribution is 2.08. The molecule has 0 saturated carbocycles. The molecule has 0 aromatic heterocycles. The van der Waals surface area contributed by atoms with Gasteiger partial charge in [0.15, 0.2) is 0 Å². The fourth-order valence-corrected chi connectivity index (χ4v) is 1.70. The van der Waals surface area contributed by atoms with Gasteiger partial charge in [-0.25, -0.2) is 9.69 Å². The third-order valence-electron chi connectivity index (χ3n) is 2.63. The summed E-state index contributed by atoms with van der Waals surface area (Å²) in [5, 5.41) is 10.7. The van der Waals surface area contributed by atoms with E-state index in [-0.39, 0.29) is 12.3 Å². The molecule has 1 aliphatic heterocycles. The van der Waals surface area contributed by atoms with E-state index >= 15 is 0 Å². The summed E-state index contributed by atoms with van der Waals surface area (Å²) < 4.78 is 10.0. The van der Waals surface area contributed by atoms with Crippen LogP contribution in [0.15, 0.2) is 5.16 Å². The van der Waals surface area contributed by atoms with Gasteiger partial charge in [0.25, 0.3) is 0 Å². The van der Waals surface area contributed by atoms with Crippen molar-refractivity contribution in [1.82, 2.24) is 9.80 Å². The number of nitrogens with zero attached hydrogens (tertiary/aromatic N) is 3. The molecule has 8 heteroatoms. The average molecular weight is 285 g/mol. The summed E-state index contributed by atoms with van der Waals surface area (Å²) in [6, 6.07) is 1.92. The van der Waals surface area contributed by atoms with Crippen molar-refractivity contribution in [3.63, 3.8) is 0 Å². The zero-order valence-corrected chi connectivity index (χ0v) is 12.1. The molecule has 0 spiro atoms. The van der Waals surface area contributed by atoms with Gasteiger partial charge in [-0.05, 0) is 21.0 Å². The second kappa shape index (κ2) is 8.47. The van der Waals surface area contributed by atoms with Crippen molar-refractivity contribution >= 4 is 11.7 Å². The Morgan fingerprint density at radius 2 is 2.15 bits per heavy atom. The molecule has 0 aromatic carbocycles. The first-order chi connectivity index (χ1) is 9.60. The van der Waals surface area contributed by atoms with E-state index in [1.54, 1.807) is 6.92 Å². The third kappa shape index (κ3) is 4.77. The first-order valence-electron chi connectivity index (χ1n) is 6.42. The highest BCUT2D eigenvalue weighted by molar-refractivity contribution is 6.42. The SMILES string of the molecule is CCOC(=O)/C(C#[NH+])=N\OC(N(C)C)N1CCOCC1. The molecule has 1 atom stereocenters. The van der Waals surface area contributed by atoms with Crippen LogP contribution in [0, 0.1) is 6.07 Å². The lowest BCUT2D eigenvalue weighted by molar-refractivity contribution is -0.160. The van der Waals surface area contributed by atoms with Crippen molar-refractivity contribution in [2.75, 3.05) is 47.0 Å². The van der Waals surface area contributed by atoms with Crippen LogP contribution in [0.2, 0.25) is 0 Å². The van der Waals surface area contributed by atoms with Crippen LogP contribution in [0.25, 0.3) is 0 Å². The second-order valence-corrected chi connectivity index (χ2v) is 4.33. The van der Waals surface area contributed by atoms with Gasteiger partial charge >= 0.3 is 17.8 Å². The van der Waals surface area contributed by atoms with Crippen LogP contribution in [0.1, 0.15) is 6.92 Å². The molecule has 0 aromatic rings. The van der Waals surface area contributed by atoms with Crippen molar-refractivity contribution in [2.24, 2.45) is 5.16 Å². The molecular formula is C12H21N4O4+. The van der Waals surface area contributed by atoms with E-state index in [2.05, 4.69) is 5.16 Å². The number of ether oxygens (including phenoxy) is 2. The lowest BCUT2D eigenvalue weighted by Crippen LogP contribution is -2.51. The zero-order chi connectivity index (χ0) is 15.0. The van der Waals surface area contributed by atoms with Gasteiger partial charge in [0, 0.05) is 13.1 Å². The number of rotatable bonds is 6. The molecule has 1 heterocycles. The maximum absolute atomic E-state index is 11.5. The highest BCUT2D eigenvalue weighted by Gasteiger charge is 2.26. The molecule has 0 radical (unpaired) electrons. The normalized spacial score (nSPS) is 18.4. The number of oxime groups is 1. The summed E-state index contributed by atoms with van der Waals surface area (Å²) in [7, 11) is 3.68. The van der Waals surface area contributed by atoms with E-state index in [9.17, 15) is 4.79 Å². The Hall–Kier alpha value is -1.69. The molecule has 0 bridgehead atoms. The van der Waals surface area contributed by atoms with E-state index < -0.39 is 12.3 Å². The number of esters is 1. The molecule has 0 aliphatic carbocycles. The molecule has 1 aliphatic rings. The number of hydrogen-bond donors (Lipinski definition) is 1. The first-order valence-corrected chi connectivity index (χ1v) is 6.42. The van der Waals surface area contributed by atoms with Crippen LogP contribution in [-0.2, 0) is 19.1 Å². The molecule has 0 amide bonds. The first kappa shape index (κ1) is 16.4. The van der Waals surface area contributed by atoms with Crippen molar-refractivity contribution in [3.8, 4) is 6.07 Å². The minimum absolute atomic E-state index is 0.208. The number of carbonyl (C=O) groups excluding carboxylic acids is 1. The van der Waals surface area contributed by atoms with Crippen molar-refractivity contribution in [2.45, 2.75) is 13.3 Å². The van der Waals surface area contributed by atoms with Gasteiger partial charge in [0.2, 0.25) is 6.35 Å². The summed E-state index contributed by atoms with van der Waals surface area (Å²) in [6.45, 7) is 4.55. The third-order valence-corrected chi connectivity index (χ3v) is 2.63. The predicted octanol–water partition coefficient (Wildman–Crippen LogP) is -2.13. The Labute approximate surface area is 118 Å². The van der Waals surface area contributed by atoms with Gasteiger partial charge in [-0.1, -0.05) is 10.4 Å². The van der Waals surface area contributed by atoms with Crippen LogP contribution in [0.3, 0.4) is 0 Å². The maximum Gasteiger partial charge on any atom is 0.376 e. The lowest BCUT2D eigenvalue weighted by atomic mass is 10.4. The van der Waals surface area contributed by atoms with Gasteiger partial charge in [0.1, 0.15) is 0 Å². The fraction of sp³-hybridized carbons (Fsp3) is 0.750. The largest absolute Gasteiger partial charge is 0.461 e. The standard InChI is InChI=1S/C12H20N4O4/c1-4-19-11(17)10(9-13)14-20-12(15(2)3)16-5-7-18-8-6-16/h12H,4-8H2,1-3H3/p+1/b14-10-. The molecule has 1 rings (SSSR count). The van der Waals surface area contributed by atoms with E-state index in [0.29, 0.717) is 26.3 Å².